The van der Waals surface area contributed by atoms with Crippen LogP contribution in [-0.2, 0) is 9.59 Å². The molecule has 2 saturated heterocycles. The molecule has 2 amide bonds. The fraction of sp³-hybridized carbons (Fsp3) is 0.882. The molecular formula is C17H28N2O2S. The summed E-state index contributed by atoms with van der Waals surface area (Å²) < 4.78 is 0. The Kier molecular flexibility index (Phi) is 4.72. The van der Waals surface area contributed by atoms with Crippen molar-refractivity contribution in [2.45, 2.75) is 57.2 Å². The van der Waals surface area contributed by atoms with Gasteiger partial charge in [0.1, 0.15) is 0 Å². The molecule has 2 heterocycles. The number of nitrogens with zero attached hydrogens (tertiary/aromatic N) is 2. The summed E-state index contributed by atoms with van der Waals surface area (Å²) in [5.41, 5.74) is 0. The van der Waals surface area contributed by atoms with Crippen LogP contribution in [0.25, 0.3) is 0 Å². The van der Waals surface area contributed by atoms with Gasteiger partial charge in [-0.1, -0.05) is 20.3 Å². The highest BCUT2D eigenvalue weighted by Crippen LogP contribution is 2.44. The van der Waals surface area contributed by atoms with Gasteiger partial charge in [0.15, 0.2) is 0 Å². The number of piperidine rings is 1. The predicted molar refractivity (Wildman–Crippen MR) is 89.5 cm³/mol. The molecule has 1 spiro atoms. The van der Waals surface area contributed by atoms with Crippen LogP contribution >= 0.6 is 11.8 Å². The van der Waals surface area contributed by atoms with Crippen molar-refractivity contribution in [3.8, 4) is 0 Å². The highest BCUT2D eigenvalue weighted by Gasteiger charge is 2.47. The Morgan fingerprint density at radius 2 is 1.86 bits per heavy atom. The van der Waals surface area contributed by atoms with Crippen molar-refractivity contribution >= 4 is 23.6 Å². The van der Waals surface area contributed by atoms with Crippen molar-refractivity contribution in [2.24, 2.45) is 11.8 Å². The quantitative estimate of drug-likeness (QED) is 0.801. The molecule has 5 heteroatoms. The average molecular weight is 324 g/mol. The van der Waals surface area contributed by atoms with Crippen molar-refractivity contribution in [1.29, 1.82) is 0 Å². The van der Waals surface area contributed by atoms with E-state index < -0.39 is 0 Å². The fourth-order valence-corrected chi connectivity index (χ4v) is 5.30. The van der Waals surface area contributed by atoms with E-state index in [-0.39, 0.29) is 4.87 Å². The van der Waals surface area contributed by atoms with Crippen LogP contribution in [0.3, 0.4) is 0 Å². The van der Waals surface area contributed by atoms with Gasteiger partial charge in [-0.05, 0) is 31.6 Å². The Hall–Kier alpha value is -0.710. The number of rotatable bonds is 3. The van der Waals surface area contributed by atoms with E-state index in [1.807, 2.05) is 11.8 Å². The van der Waals surface area contributed by atoms with Crippen molar-refractivity contribution in [1.82, 2.24) is 9.80 Å². The second-order valence-corrected chi connectivity index (χ2v) is 8.85. The molecule has 22 heavy (non-hydrogen) atoms. The summed E-state index contributed by atoms with van der Waals surface area (Å²) in [7, 11) is 0. The molecule has 1 saturated carbocycles. The summed E-state index contributed by atoms with van der Waals surface area (Å²) in [6.45, 7) is 6.75. The number of carbonyl (C=O) groups is 2. The summed E-state index contributed by atoms with van der Waals surface area (Å²) in [5, 5.41) is 0. The molecule has 124 valence electrons. The van der Waals surface area contributed by atoms with Gasteiger partial charge in [-0.2, -0.15) is 0 Å². The zero-order valence-electron chi connectivity index (χ0n) is 13.8. The first-order chi connectivity index (χ1) is 10.5. The standard InChI is InChI=1S/C17H28N2O2S/c1-13(2)12-15(20)19-10-11-22-17(19)6-8-18(9-7-17)16(21)14-4-3-5-14/h13-14H,3-12H2,1-2H3. The number of carbonyl (C=O) groups excluding carboxylic acids is 2. The van der Waals surface area contributed by atoms with E-state index in [0.717, 1.165) is 51.1 Å². The van der Waals surface area contributed by atoms with Gasteiger partial charge in [0.05, 0.1) is 4.87 Å². The number of likely N-dealkylation sites (tertiary alicyclic amines) is 1. The third-order valence-corrected chi connectivity index (χ3v) is 6.92. The zero-order chi connectivity index (χ0) is 15.7. The van der Waals surface area contributed by atoms with Crippen molar-refractivity contribution in [2.75, 3.05) is 25.4 Å². The van der Waals surface area contributed by atoms with Crippen LogP contribution in [0.5, 0.6) is 0 Å². The van der Waals surface area contributed by atoms with Crippen LogP contribution in [0.15, 0.2) is 0 Å². The van der Waals surface area contributed by atoms with E-state index in [2.05, 4.69) is 23.6 Å². The Morgan fingerprint density at radius 1 is 1.18 bits per heavy atom. The van der Waals surface area contributed by atoms with Crippen LogP contribution in [0.4, 0.5) is 0 Å². The summed E-state index contributed by atoms with van der Waals surface area (Å²) in [5.74, 6) is 2.42. The molecule has 3 fully saturated rings. The van der Waals surface area contributed by atoms with E-state index in [0.29, 0.717) is 30.1 Å². The first kappa shape index (κ1) is 16.2. The smallest absolute Gasteiger partial charge is 0.225 e. The van der Waals surface area contributed by atoms with E-state index >= 15 is 0 Å². The molecule has 0 aromatic heterocycles. The number of hydrogen-bond donors (Lipinski definition) is 0. The fourth-order valence-electron chi connectivity index (χ4n) is 3.82. The molecule has 3 rings (SSSR count). The highest BCUT2D eigenvalue weighted by molar-refractivity contribution is 8.00. The number of thioether (sulfide) groups is 1. The van der Waals surface area contributed by atoms with E-state index in [1.165, 1.54) is 6.42 Å². The number of hydrogen-bond acceptors (Lipinski definition) is 3. The maximum Gasteiger partial charge on any atom is 0.225 e. The van der Waals surface area contributed by atoms with Gasteiger partial charge in [0.25, 0.3) is 0 Å². The van der Waals surface area contributed by atoms with Crippen LogP contribution in [0, 0.1) is 11.8 Å². The van der Waals surface area contributed by atoms with E-state index in [1.54, 1.807) is 0 Å². The minimum Gasteiger partial charge on any atom is -0.342 e. The third kappa shape index (κ3) is 3.01. The molecule has 3 aliphatic rings. The van der Waals surface area contributed by atoms with Gasteiger partial charge in [0.2, 0.25) is 11.8 Å². The van der Waals surface area contributed by atoms with E-state index in [9.17, 15) is 9.59 Å². The normalized spacial score (nSPS) is 24.9. The Balaban J connectivity index is 1.60. The monoisotopic (exact) mass is 324 g/mol. The first-order valence-electron chi connectivity index (χ1n) is 8.75. The second-order valence-electron chi connectivity index (χ2n) is 7.39. The molecule has 0 aromatic rings. The first-order valence-corrected chi connectivity index (χ1v) is 9.73. The average Bonchev–Trinajstić information content (AvgIpc) is 2.80. The van der Waals surface area contributed by atoms with Gasteiger partial charge in [-0.25, -0.2) is 0 Å². The van der Waals surface area contributed by atoms with Gasteiger partial charge in [0, 0.05) is 37.7 Å². The molecule has 0 N–H and O–H groups in total. The molecule has 1 aliphatic carbocycles. The van der Waals surface area contributed by atoms with Gasteiger partial charge in [-0.15, -0.1) is 11.8 Å². The lowest BCUT2D eigenvalue weighted by molar-refractivity contribution is -0.141. The van der Waals surface area contributed by atoms with E-state index in [4.69, 9.17) is 0 Å². The summed E-state index contributed by atoms with van der Waals surface area (Å²) in [4.78, 5) is 29.1. The Morgan fingerprint density at radius 3 is 2.41 bits per heavy atom. The minimum atomic E-state index is -0.0254. The molecule has 0 atom stereocenters. The Labute approximate surface area is 138 Å². The third-order valence-electron chi connectivity index (χ3n) is 5.37. The summed E-state index contributed by atoms with van der Waals surface area (Å²) in [6, 6.07) is 0. The topological polar surface area (TPSA) is 40.6 Å². The van der Waals surface area contributed by atoms with Gasteiger partial charge < -0.3 is 9.80 Å². The zero-order valence-corrected chi connectivity index (χ0v) is 14.7. The van der Waals surface area contributed by atoms with Crippen molar-refractivity contribution in [3.05, 3.63) is 0 Å². The predicted octanol–water partition coefficient (Wildman–Crippen LogP) is 2.73. The molecule has 0 radical (unpaired) electrons. The molecule has 0 bridgehead atoms. The summed E-state index contributed by atoms with van der Waals surface area (Å²) >= 11 is 1.94. The van der Waals surface area contributed by atoms with Crippen molar-refractivity contribution < 1.29 is 9.59 Å². The van der Waals surface area contributed by atoms with Crippen LogP contribution in [0.2, 0.25) is 0 Å². The molecule has 4 nitrogen and oxygen atoms in total. The van der Waals surface area contributed by atoms with Crippen LogP contribution < -0.4 is 0 Å². The molecule has 0 aromatic carbocycles. The lowest BCUT2D eigenvalue weighted by Gasteiger charge is -2.45. The number of amides is 2. The van der Waals surface area contributed by atoms with Crippen LogP contribution in [0.1, 0.15) is 52.4 Å². The lowest BCUT2D eigenvalue weighted by Crippen LogP contribution is -2.54. The molecule has 2 aliphatic heterocycles. The SMILES string of the molecule is CC(C)CC(=O)N1CCSC12CCN(C(=O)C1CCC1)CC2. The Bertz CT molecular complexity index is 440. The van der Waals surface area contributed by atoms with Crippen molar-refractivity contribution in [3.63, 3.8) is 0 Å². The largest absolute Gasteiger partial charge is 0.342 e. The minimum absolute atomic E-state index is 0.0254. The van der Waals surface area contributed by atoms with Gasteiger partial charge in [-0.3, -0.25) is 9.59 Å². The molecular weight excluding hydrogens is 296 g/mol. The lowest BCUT2D eigenvalue weighted by atomic mass is 9.84. The highest BCUT2D eigenvalue weighted by atomic mass is 32.2. The summed E-state index contributed by atoms with van der Waals surface area (Å²) in [6.07, 6.45) is 5.90. The van der Waals surface area contributed by atoms with Gasteiger partial charge >= 0.3 is 0 Å². The maximum atomic E-state index is 12.5. The molecule has 0 unspecified atom stereocenters. The van der Waals surface area contributed by atoms with Crippen LogP contribution in [-0.4, -0.2) is 51.9 Å². The second kappa shape index (κ2) is 6.42. The maximum absolute atomic E-state index is 12.5.